The topological polar surface area (TPSA) is 68.3 Å². The maximum absolute atomic E-state index is 13.8. The number of ether oxygens (including phenoxy) is 2. The second kappa shape index (κ2) is 10.4. The van der Waals surface area contributed by atoms with Crippen LogP contribution in [0, 0.1) is 5.92 Å². The molecular formula is C29H30N2O5. The molecule has 0 radical (unpaired) electrons. The van der Waals surface area contributed by atoms with Gasteiger partial charge in [-0.1, -0.05) is 55.8 Å². The lowest BCUT2D eigenvalue weighted by molar-refractivity contribution is -0.126. The zero-order valence-corrected chi connectivity index (χ0v) is 20.5. The summed E-state index contributed by atoms with van der Waals surface area (Å²) in [4.78, 5) is 34.7. The third-order valence-corrected chi connectivity index (χ3v) is 6.51. The van der Waals surface area contributed by atoms with Gasteiger partial charge in [0, 0.05) is 0 Å². The number of amides is 2. The van der Waals surface area contributed by atoms with E-state index in [-0.39, 0.29) is 11.8 Å². The van der Waals surface area contributed by atoms with Crippen molar-refractivity contribution in [3.8, 4) is 11.5 Å². The van der Waals surface area contributed by atoms with Crippen LogP contribution in [0.4, 0.5) is 11.4 Å². The van der Waals surface area contributed by atoms with Gasteiger partial charge < -0.3 is 9.47 Å². The molecule has 0 bridgehead atoms. The Kier molecular flexibility index (Phi) is 6.91. The van der Waals surface area contributed by atoms with Gasteiger partial charge in [0.05, 0.1) is 30.6 Å². The van der Waals surface area contributed by atoms with Crippen LogP contribution in [0.5, 0.6) is 11.5 Å². The summed E-state index contributed by atoms with van der Waals surface area (Å²) in [5, 5.41) is 1.69. The molecule has 186 valence electrons. The Morgan fingerprint density at radius 3 is 2.17 bits per heavy atom. The highest BCUT2D eigenvalue weighted by molar-refractivity contribution is 6.23. The molecular weight excluding hydrogens is 456 g/mol. The Morgan fingerprint density at radius 2 is 1.50 bits per heavy atom. The molecule has 2 heterocycles. The monoisotopic (exact) mass is 486 g/mol. The highest BCUT2D eigenvalue weighted by atomic mass is 16.7. The molecule has 0 spiro atoms. The van der Waals surface area contributed by atoms with Gasteiger partial charge in [0.1, 0.15) is 5.92 Å². The van der Waals surface area contributed by atoms with E-state index < -0.39 is 18.1 Å². The van der Waals surface area contributed by atoms with E-state index in [1.54, 1.807) is 17.2 Å². The van der Waals surface area contributed by atoms with Crippen molar-refractivity contribution >= 4 is 23.2 Å². The number of para-hydroxylation sites is 2. The number of hydroxylamine groups is 1. The van der Waals surface area contributed by atoms with E-state index >= 15 is 0 Å². The fourth-order valence-electron chi connectivity index (χ4n) is 4.81. The van der Waals surface area contributed by atoms with Gasteiger partial charge >= 0.3 is 0 Å². The van der Waals surface area contributed by atoms with Crippen molar-refractivity contribution in [2.75, 3.05) is 23.2 Å². The van der Waals surface area contributed by atoms with Gasteiger partial charge in [-0.25, -0.2) is 9.96 Å². The summed E-state index contributed by atoms with van der Waals surface area (Å²) in [7, 11) is 0. The number of anilines is 2. The Balaban J connectivity index is 1.55. The highest BCUT2D eigenvalue weighted by Gasteiger charge is 2.60. The largest absolute Gasteiger partial charge is 0.490 e. The first-order valence-electron chi connectivity index (χ1n) is 12.5. The van der Waals surface area contributed by atoms with Crippen molar-refractivity contribution in [2.45, 2.75) is 38.8 Å². The van der Waals surface area contributed by atoms with Crippen LogP contribution in [-0.2, 0) is 14.4 Å². The molecule has 0 saturated carbocycles. The molecule has 2 aliphatic heterocycles. The predicted molar refractivity (Wildman–Crippen MR) is 137 cm³/mol. The van der Waals surface area contributed by atoms with Crippen LogP contribution in [0.2, 0.25) is 0 Å². The third-order valence-electron chi connectivity index (χ3n) is 6.51. The van der Waals surface area contributed by atoms with Crippen molar-refractivity contribution in [3.63, 3.8) is 0 Å². The van der Waals surface area contributed by atoms with Crippen molar-refractivity contribution < 1.29 is 23.9 Å². The number of rotatable bonds is 9. The number of benzene rings is 3. The average molecular weight is 487 g/mol. The zero-order chi connectivity index (χ0) is 25.1. The van der Waals surface area contributed by atoms with Gasteiger partial charge in [-0.2, -0.15) is 0 Å². The quantitative estimate of drug-likeness (QED) is 0.301. The maximum atomic E-state index is 13.8. The van der Waals surface area contributed by atoms with Crippen molar-refractivity contribution in [1.29, 1.82) is 0 Å². The Hall–Kier alpha value is -3.84. The van der Waals surface area contributed by atoms with Gasteiger partial charge in [0.25, 0.3) is 5.91 Å². The number of nitrogens with zero attached hydrogens (tertiary/aromatic N) is 2. The smallest absolute Gasteiger partial charge is 0.266 e. The van der Waals surface area contributed by atoms with Gasteiger partial charge in [-0.15, -0.1) is 0 Å². The average Bonchev–Trinajstić information content (AvgIpc) is 3.42. The van der Waals surface area contributed by atoms with Crippen molar-refractivity contribution in [2.24, 2.45) is 5.92 Å². The molecule has 3 aromatic rings. The predicted octanol–water partition coefficient (Wildman–Crippen LogP) is 5.32. The Morgan fingerprint density at radius 1 is 0.806 bits per heavy atom. The molecule has 2 amide bonds. The first-order valence-corrected chi connectivity index (χ1v) is 12.5. The van der Waals surface area contributed by atoms with Crippen LogP contribution in [0.3, 0.4) is 0 Å². The molecule has 0 aromatic heterocycles. The summed E-state index contributed by atoms with van der Waals surface area (Å²) in [6.45, 7) is 5.11. The summed E-state index contributed by atoms with van der Waals surface area (Å²) in [5.41, 5.74) is 2.13. The van der Waals surface area contributed by atoms with E-state index in [0.29, 0.717) is 30.4 Å². The number of carbonyl (C=O) groups excluding carboxylic acids is 2. The minimum absolute atomic E-state index is 0.277. The highest BCUT2D eigenvalue weighted by Crippen LogP contribution is 2.48. The van der Waals surface area contributed by atoms with E-state index in [9.17, 15) is 9.59 Å². The fourth-order valence-corrected chi connectivity index (χ4v) is 4.81. The van der Waals surface area contributed by atoms with E-state index in [4.69, 9.17) is 14.3 Å². The number of hydrogen-bond donors (Lipinski definition) is 0. The molecule has 3 aromatic carbocycles. The van der Waals surface area contributed by atoms with Crippen molar-refractivity contribution in [3.05, 3.63) is 84.4 Å². The van der Waals surface area contributed by atoms with Crippen LogP contribution in [0.1, 0.15) is 38.3 Å². The van der Waals surface area contributed by atoms with Crippen molar-refractivity contribution in [1.82, 2.24) is 0 Å². The summed E-state index contributed by atoms with van der Waals surface area (Å²) in [6, 6.07) is 23.7. The molecule has 36 heavy (non-hydrogen) atoms. The van der Waals surface area contributed by atoms with E-state index in [1.807, 2.05) is 73.7 Å². The Bertz CT molecular complexity index is 1220. The standard InChI is InChI=1S/C29H30N2O5/c1-3-5-18-35-23-17-16-20(19-24(23)34-4-2)26-25-27(36-31(26)22-14-10-7-11-15-22)29(33)30(28(25)32)21-12-8-6-9-13-21/h6-17,19,25-27H,3-5,18H2,1-2H3/t25-,26+,27-/m1/s1. The van der Waals surface area contributed by atoms with E-state index in [0.717, 1.165) is 24.1 Å². The lowest BCUT2D eigenvalue weighted by Crippen LogP contribution is -2.37. The minimum atomic E-state index is -0.918. The molecule has 5 rings (SSSR count). The normalized spacial score (nSPS) is 21.1. The zero-order valence-electron chi connectivity index (χ0n) is 20.5. The minimum Gasteiger partial charge on any atom is -0.490 e. The number of imide groups is 1. The lowest BCUT2D eigenvalue weighted by Gasteiger charge is -2.29. The lowest BCUT2D eigenvalue weighted by atomic mass is 9.90. The molecule has 3 atom stereocenters. The van der Waals surface area contributed by atoms with Crippen LogP contribution < -0.4 is 19.4 Å². The first-order chi connectivity index (χ1) is 17.6. The van der Waals surface area contributed by atoms with Gasteiger partial charge in [0.15, 0.2) is 17.6 Å². The van der Waals surface area contributed by atoms with Gasteiger partial charge in [-0.3, -0.25) is 14.4 Å². The van der Waals surface area contributed by atoms with E-state index in [1.165, 1.54) is 4.90 Å². The second-order valence-electron chi connectivity index (χ2n) is 8.85. The van der Waals surface area contributed by atoms with Crippen LogP contribution in [0.15, 0.2) is 78.9 Å². The van der Waals surface area contributed by atoms with E-state index in [2.05, 4.69) is 6.92 Å². The number of hydrogen-bond acceptors (Lipinski definition) is 6. The van der Waals surface area contributed by atoms with Crippen LogP contribution >= 0.6 is 0 Å². The van der Waals surface area contributed by atoms with Gasteiger partial charge in [-0.05, 0) is 55.3 Å². The summed E-state index contributed by atoms with van der Waals surface area (Å²) < 4.78 is 11.9. The van der Waals surface area contributed by atoms with Crippen LogP contribution in [-0.4, -0.2) is 31.1 Å². The molecule has 7 heteroatoms. The molecule has 0 aliphatic carbocycles. The van der Waals surface area contributed by atoms with Crippen LogP contribution in [0.25, 0.3) is 0 Å². The molecule has 2 aliphatic rings. The molecule has 2 fully saturated rings. The Labute approximate surface area is 211 Å². The van der Waals surface area contributed by atoms with Gasteiger partial charge in [0.2, 0.25) is 5.91 Å². The molecule has 2 saturated heterocycles. The maximum Gasteiger partial charge on any atom is 0.266 e. The summed E-state index contributed by atoms with van der Waals surface area (Å²) in [5.74, 6) is -0.0703. The second-order valence-corrected chi connectivity index (χ2v) is 8.85. The molecule has 0 unspecified atom stereocenters. The number of fused-ring (bicyclic) bond motifs is 1. The molecule has 7 nitrogen and oxygen atoms in total. The third kappa shape index (κ3) is 4.31. The first kappa shape index (κ1) is 23.9. The number of unbranched alkanes of at least 4 members (excludes halogenated alkanes) is 1. The summed E-state index contributed by atoms with van der Waals surface area (Å²) >= 11 is 0. The molecule has 0 N–H and O–H groups in total. The SMILES string of the molecule is CCCCOc1ccc([C@H]2[C@H]3C(=O)N(c4ccccc4)C(=O)[C@@H]3ON2c2ccccc2)cc1OCC. The number of carbonyl (C=O) groups is 2. The summed E-state index contributed by atoms with van der Waals surface area (Å²) in [6.07, 6.45) is 1.06. The fraction of sp³-hybridized carbons (Fsp3) is 0.310.